The molecule has 0 radical (unpaired) electrons. The zero-order chi connectivity index (χ0) is 18.8. The van der Waals surface area contributed by atoms with Crippen molar-refractivity contribution in [1.82, 2.24) is 29.7 Å². The first-order valence-electron chi connectivity index (χ1n) is 8.49. The molecule has 0 aliphatic carbocycles. The van der Waals surface area contributed by atoms with Crippen LogP contribution in [0.4, 0.5) is 16.4 Å². The van der Waals surface area contributed by atoms with E-state index in [1.807, 2.05) is 36.6 Å². The number of aromatic nitrogens is 6. The van der Waals surface area contributed by atoms with Gasteiger partial charge < -0.3 is 9.55 Å². The maximum atomic E-state index is 12.3. The second-order valence-corrected chi connectivity index (χ2v) is 6.25. The van der Waals surface area contributed by atoms with Crippen molar-refractivity contribution in [2.75, 3.05) is 10.6 Å². The molecule has 2 amide bonds. The summed E-state index contributed by atoms with van der Waals surface area (Å²) in [6, 6.07) is 10.6. The van der Waals surface area contributed by atoms with Gasteiger partial charge in [-0.3, -0.25) is 10.6 Å². The van der Waals surface area contributed by atoms with Crippen molar-refractivity contribution in [3.05, 3.63) is 48.9 Å². The van der Waals surface area contributed by atoms with E-state index >= 15 is 0 Å². The summed E-state index contributed by atoms with van der Waals surface area (Å²) in [4.78, 5) is 24.1. The summed E-state index contributed by atoms with van der Waals surface area (Å²) in [7, 11) is 0. The lowest BCUT2D eigenvalue weighted by Crippen LogP contribution is -2.20. The van der Waals surface area contributed by atoms with Crippen LogP contribution in [0.1, 0.15) is 19.9 Å². The molecule has 0 atom stereocenters. The maximum Gasteiger partial charge on any atom is 0.326 e. The average molecular weight is 362 g/mol. The molecule has 0 fully saturated rings. The molecule has 0 saturated carbocycles. The highest BCUT2D eigenvalue weighted by Gasteiger charge is 2.12. The molecule has 9 nitrogen and oxygen atoms in total. The van der Waals surface area contributed by atoms with E-state index in [1.165, 1.54) is 0 Å². The van der Waals surface area contributed by atoms with Crippen molar-refractivity contribution in [2.45, 2.75) is 19.9 Å². The standard InChI is InChI=1S/C18H18N8O/c1-11(2)26-10-20-25-17(26)13-4-3-5-14(21-13)23-18(27)24-15-7-6-12-8-9-19-16(12)22-15/h3-11H,1-2H3,(H3,19,21,22,23,24,27). The summed E-state index contributed by atoms with van der Waals surface area (Å²) in [5, 5.41) is 14.5. The molecule has 0 saturated heterocycles. The maximum absolute atomic E-state index is 12.3. The highest BCUT2D eigenvalue weighted by Crippen LogP contribution is 2.20. The Hall–Kier alpha value is -3.75. The molecule has 4 heterocycles. The number of nitrogens with zero attached hydrogens (tertiary/aromatic N) is 5. The Morgan fingerprint density at radius 2 is 1.89 bits per heavy atom. The van der Waals surface area contributed by atoms with E-state index in [9.17, 15) is 4.79 Å². The molecule has 0 aliphatic rings. The van der Waals surface area contributed by atoms with Crippen LogP contribution < -0.4 is 10.6 Å². The number of amides is 2. The van der Waals surface area contributed by atoms with Crippen LogP contribution >= 0.6 is 0 Å². The fraction of sp³-hybridized carbons (Fsp3) is 0.167. The van der Waals surface area contributed by atoms with Crippen molar-refractivity contribution in [3.8, 4) is 11.5 Å². The lowest BCUT2D eigenvalue weighted by molar-refractivity contribution is 0.262. The number of hydrogen-bond donors (Lipinski definition) is 3. The fourth-order valence-corrected chi connectivity index (χ4v) is 2.70. The Bertz CT molecular complexity index is 1100. The van der Waals surface area contributed by atoms with Gasteiger partial charge in [0.15, 0.2) is 5.82 Å². The normalized spacial score (nSPS) is 11.1. The van der Waals surface area contributed by atoms with Crippen LogP contribution in [0.15, 0.2) is 48.9 Å². The van der Waals surface area contributed by atoms with Gasteiger partial charge in [0.1, 0.15) is 29.3 Å². The van der Waals surface area contributed by atoms with Crippen molar-refractivity contribution in [2.24, 2.45) is 0 Å². The highest BCUT2D eigenvalue weighted by atomic mass is 16.2. The number of aromatic amines is 1. The molecule has 0 spiro atoms. The molecule has 4 aromatic heterocycles. The van der Waals surface area contributed by atoms with E-state index in [-0.39, 0.29) is 6.04 Å². The average Bonchev–Trinajstić information content (AvgIpc) is 3.30. The second-order valence-electron chi connectivity index (χ2n) is 6.25. The van der Waals surface area contributed by atoms with E-state index in [0.29, 0.717) is 28.8 Å². The molecular formula is C18H18N8O. The minimum Gasteiger partial charge on any atom is -0.346 e. The topological polar surface area (TPSA) is 113 Å². The fourth-order valence-electron chi connectivity index (χ4n) is 2.70. The first-order chi connectivity index (χ1) is 13.1. The minimum absolute atomic E-state index is 0.200. The number of carbonyl (C=O) groups is 1. The van der Waals surface area contributed by atoms with E-state index in [0.717, 1.165) is 5.39 Å². The van der Waals surface area contributed by atoms with Gasteiger partial charge in [0.2, 0.25) is 0 Å². The van der Waals surface area contributed by atoms with Crippen LogP contribution in [0, 0.1) is 0 Å². The number of carbonyl (C=O) groups excluding carboxylic acids is 1. The monoisotopic (exact) mass is 362 g/mol. The molecule has 3 N–H and O–H groups in total. The molecule has 4 aromatic rings. The smallest absolute Gasteiger partial charge is 0.326 e. The van der Waals surface area contributed by atoms with Gasteiger partial charge in [-0.15, -0.1) is 10.2 Å². The summed E-state index contributed by atoms with van der Waals surface area (Å²) in [5.74, 6) is 1.50. The molecule has 0 aliphatic heterocycles. The molecule has 0 unspecified atom stereocenters. The quantitative estimate of drug-likeness (QED) is 0.515. The summed E-state index contributed by atoms with van der Waals surface area (Å²) >= 11 is 0. The number of hydrogen-bond acceptors (Lipinski definition) is 5. The van der Waals surface area contributed by atoms with Crippen LogP contribution in [-0.2, 0) is 0 Å². The molecular weight excluding hydrogens is 344 g/mol. The zero-order valence-corrected chi connectivity index (χ0v) is 14.8. The summed E-state index contributed by atoms with van der Waals surface area (Å²) < 4.78 is 1.92. The lowest BCUT2D eigenvalue weighted by atomic mass is 10.3. The molecule has 27 heavy (non-hydrogen) atoms. The van der Waals surface area contributed by atoms with Crippen LogP contribution in [0.2, 0.25) is 0 Å². The van der Waals surface area contributed by atoms with Gasteiger partial charge in [-0.25, -0.2) is 14.8 Å². The number of anilines is 2. The van der Waals surface area contributed by atoms with Crippen LogP contribution in [-0.4, -0.2) is 35.7 Å². The van der Waals surface area contributed by atoms with Crippen molar-refractivity contribution in [1.29, 1.82) is 0 Å². The van der Waals surface area contributed by atoms with Crippen molar-refractivity contribution >= 4 is 28.7 Å². The predicted octanol–water partition coefficient (Wildman–Crippen LogP) is 3.44. The predicted molar refractivity (Wildman–Crippen MR) is 102 cm³/mol. The summed E-state index contributed by atoms with van der Waals surface area (Å²) in [6.45, 7) is 4.08. The van der Waals surface area contributed by atoms with Crippen LogP contribution in [0.3, 0.4) is 0 Å². The lowest BCUT2D eigenvalue weighted by Gasteiger charge is -2.11. The minimum atomic E-state index is -0.427. The van der Waals surface area contributed by atoms with Gasteiger partial charge in [0, 0.05) is 17.6 Å². The van der Waals surface area contributed by atoms with E-state index in [1.54, 1.807) is 30.7 Å². The summed E-state index contributed by atoms with van der Waals surface area (Å²) in [5.41, 5.74) is 1.34. The van der Waals surface area contributed by atoms with Crippen LogP contribution in [0.25, 0.3) is 22.6 Å². The molecule has 0 bridgehead atoms. The molecule has 136 valence electrons. The largest absolute Gasteiger partial charge is 0.346 e. The Labute approximate surface area is 154 Å². The molecule has 4 rings (SSSR count). The van der Waals surface area contributed by atoms with Crippen molar-refractivity contribution < 1.29 is 4.79 Å². The zero-order valence-electron chi connectivity index (χ0n) is 14.8. The number of urea groups is 1. The van der Waals surface area contributed by atoms with Gasteiger partial charge in [0.05, 0.1) is 0 Å². The number of H-pyrrole nitrogens is 1. The third-order valence-corrected chi connectivity index (χ3v) is 4.00. The Morgan fingerprint density at radius 3 is 2.70 bits per heavy atom. The van der Waals surface area contributed by atoms with Gasteiger partial charge in [-0.05, 0) is 44.2 Å². The number of pyridine rings is 2. The van der Waals surface area contributed by atoms with Crippen molar-refractivity contribution in [3.63, 3.8) is 0 Å². The molecule has 0 aromatic carbocycles. The van der Waals surface area contributed by atoms with Crippen LogP contribution in [0.5, 0.6) is 0 Å². The van der Waals surface area contributed by atoms with E-state index in [2.05, 4.69) is 35.8 Å². The Balaban J connectivity index is 1.50. The molecule has 9 heteroatoms. The van der Waals surface area contributed by atoms with Gasteiger partial charge in [0.25, 0.3) is 0 Å². The number of rotatable bonds is 4. The number of fused-ring (bicyclic) bond motifs is 1. The van der Waals surface area contributed by atoms with Gasteiger partial charge in [-0.1, -0.05) is 6.07 Å². The SMILES string of the molecule is CC(C)n1cnnc1-c1cccc(NC(=O)Nc2ccc3cc[nH]c3n2)n1. The third-order valence-electron chi connectivity index (χ3n) is 4.00. The number of nitrogens with one attached hydrogen (secondary N) is 3. The highest BCUT2D eigenvalue weighted by molar-refractivity contribution is 5.99. The summed E-state index contributed by atoms with van der Waals surface area (Å²) in [6.07, 6.45) is 3.46. The Kier molecular flexibility index (Phi) is 4.25. The first-order valence-corrected chi connectivity index (χ1v) is 8.49. The van der Waals surface area contributed by atoms with E-state index < -0.39 is 6.03 Å². The third kappa shape index (κ3) is 3.47. The van der Waals surface area contributed by atoms with E-state index in [4.69, 9.17) is 0 Å². The Morgan fingerprint density at radius 1 is 1.07 bits per heavy atom. The first kappa shape index (κ1) is 16.7. The van der Waals surface area contributed by atoms with Gasteiger partial charge in [-0.2, -0.15) is 0 Å². The second kappa shape index (κ2) is 6.87. The van der Waals surface area contributed by atoms with Gasteiger partial charge >= 0.3 is 6.03 Å².